The van der Waals surface area contributed by atoms with Crippen LogP contribution in [-0.4, -0.2) is 18.6 Å². The van der Waals surface area contributed by atoms with Gasteiger partial charge in [-0.3, -0.25) is 4.79 Å². The number of aryl methyl sites for hydroxylation is 1. The predicted molar refractivity (Wildman–Crippen MR) is 92.2 cm³/mol. The fourth-order valence-corrected chi connectivity index (χ4v) is 2.12. The molecular formula is C19H23NO3. The Bertz CT molecular complexity index is 653. The number of carbonyl (C=O) groups is 1. The number of rotatable bonds is 7. The molecule has 23 heavy (non-hydrogen) atoms. The van der Waals surface area contributed by atoms with Gasteiger partial charge in [-0.25, -0.2) is 0 Å². The number of ether oxygens (including phenoxy) is 2. The van der Waals surface area contributed by atoms with E-state index in [1.54, 1.807) is 6.07 Å². The van der Waals surface area contributed by atoms with E-state index >= 15 is 0 Å². The molecule has 122 valence electrons. The van der Waals surface area contributed by atoms with E-state index in [0.29, 0.717) is 11.4 Å². The molecule has 4 heteroatoms. The zero-order chi connectivity index (χ0) is 16.7. The van der Waals surface area contributed by atoms with Crippen molar-refractivity contribution in [3.63, 3.8) is 0 Å². The molecule has 2 aromatic carbocycles. The molecule has 4 nitrogen and oxygen atoms in total. The van der Waals surface area contributed by atoms with Gasteiger partial charge in [-0.2, -0.15) is 0 Å². The second kappa shape index (κ2) is 8.22. The summed E-state index contributed by atoms with van der Waals surface area (Å²) >= 11 is 0. The third-order valence-electron chi connectivity index (χ3n) is 3.17. The molecule has 0 saturated heterocycles. The van der Waals surface area contributed by atoms with Crippen LogP contribution in [0.1, 0.15) is 26.3 Å². The van der Waals surface area contributed by atoms with Gasteiger partial charge >= 0.3 is 0 Å². The lowest BCUT2D eigenvalue weighted by Gasteiger charge is -2.12. The van der Waals surface area contributed by atoms with Crippen LogP contribution in [0.3, 0.4) is 0 Å². The lowest BCUT2D eigenvalue weighted by atomic mass is 10.2. The number of anilines is 1. The van der Waals surface area contributed by atoms with E-state index in [1.807, 2.05) is 56.3 Å². The average Bonchev–Trinajstić information content (AvgIpc) is 2.53. The van der Waals surface area contributed by atoms with Crippen molar-refractivity contribution >= 4 is 11.6 Å². The third-order valence-corrected chi connectivity index (χ3v) is 3.17. The minimum absolute atomic E-state index is 0.0254. The zero-order valence-electron chi connectivity index (χ0n) is 13.8. The van der Waals surface area contributed by atoms with Crippen molar-refractivity contribution in [1.82, 2.24) is 0 Å². The molecule has 0 bridgehead atoms. The highest BCUT2D eigenvalue weighted by atomic mass is 16.5. The van der Waals surface area contributed by atoms with Crippen LogP contribution < -0.4 is 14.8 Å². The van der Waals surface area contributed by atoms with E-state index in [-0.39, 0.29) is 18.6 Å². The highest BCUT2D eigenvalue weighted by molar-refractivity contribution is 5.92. The van der Waals surface area contributed by atoms with E-state index in [4.69, 9.17) is 9.47 Å². The van der Waals surface area contributed by atoms with E-state index in [9.17, 15) is 4.79 Å². The molecule has 1 N–H and O–H groups in total. The maximum atomic E-state index is 12.0. The lowest BCUT2D eigenvalue weighted by molar-refractivity contribution is -0.118. The first-order valence-corrected chi connectivity index (χ1v) is 7.85. The second-order valence-electron chi connectivity index (χ2n) is 5.53. The molecule has 0 aromatic heterocycles. The monoisotopic (exact) mass is 313 g/mol. The zero-order valence-corrected chi connectivity index (χ0v) is 13.8. The Balaban J connectivity index is 1.89. The van der Waals surface area contributed by atoms with Crippen LogP contribution >= 0.6 is 0 Å². The maximum Gasteiger partial charge on any atom is 0.262 e. The van der Waals surface area contributed by atoms with Gasteiger partial charge in [0.25, 0.3) is 5.91 Å². The van der Waals surface area contributed by atoms with Crippen LogP contribution in [0.2, 0.25) is 0 Å². The van der Waals surface area contributed by atoms with Crippen LogP contribution in [0.15, 0.2) is 48.5 Å². The quantitative estimate of drug-likeness (QED) is 0.838. The lowest BCUT2D eigenvalue weighted by Crippen LogP contribution is -2.20. The number of hydrogen-bond donors (Lipinski definition) is 1. The first-order valence-electron chi connectivity index (χ1n) is 7.85. The summed E-state index contributed by atoms with van der Waals surface area (Å²) in [5, 5.41) is 2.81. The van der Waals surface area contributed by atoms with Gasteiger partial charge in [-0.1, -0.05) is 25.1 Å². The molecule has 0 heterocycles. The number of amides is 1. The molecule has 0 unspecified atom stereocenters. The van der Waals surface area contributed by atoms with E-state index in [0.717, 1.165) is 12.2 Å². The Hall–Kier alpha value is -2.49. The minimum atomic E-state index is -0.200. The fourth-order valence-electron chi connectivity index (χ4n) is 2.12. The molecule has 0 spiro atoms. The Kier molecular flexibility index (Phi) is 6.03. The minimum Gasteiger partial charge on any atom is -0.491 e. The van der Waals surface area contributed by atoms with Crippen molar-refractivity contribution in [3.8, 4) is 11.5 Å². The van der Waals surface area contributed by atoms with E-state index in [1.165, 1.54) is 5.56 Å². The van der Waals surface area contributed by atoms with E-state index in [2.05, 4.69) is 12.2 Å². The summed E-state index contributed by atoms with van der Waals surface area (Å²) in [6.07, 6.45) is 1.03. The summed E-state index contributed by atoms with van der Waals surface area (Å²) in [5.41, 5.74) is 1.88. The summed E-state index contributed by atoms with van der Waals surface area (Å²) in [5.74, 6) is 1.24. The molecule has 2 rings (SSSR count). The smallest absolute Gasteiger partial charge is 0.262 e. The molecule has 0 radical (unpaired) electrons. The largest absolute Gasteiger partial charge is 0.491 e. The topological polar surface area (TPSA) is 47.6 Å². The summed E-state index contributed by atoms with van der Waals surface area (Å²) < 4.78 is 11.1. The molecule has 0 atom stereocenters. The Morgan fingerprint density at radius 1 is 1.09 bits per heavy atom. The first-order chi connectivity index (χ1) is 11.1. The molecule has 0 aliphatic carbocycles. The molecule has 0 saturated carbocycles. The van der Waals surface area contributed by atoms with Crippen LogP contribution in [0, 0.1) is 0 Å². The normalized spacial score (nSPS) is 10.4. The second-order valence-corrected chi connectivity index (χ2v) is 5.53. The number of benzene rings is 2. The van der Waals surface area contributed by atoms with Crippen molar-refractivity contribution < 1.29 is 14.3 Å². The summed E-state index contributed by atoms with van der Waals surface area (Å²) in [6, 6.07) is 15.1. The van der Waals surface area contributed by atoms with Gasteiger partial charge in [0.15, 0.2) is 6.61 Å². The van der Waals surface area contributed by atoms with Gasteiger partial charge in [0, 0.05) is 11.8 Å². The van der Waals surface area contributed by atoms with Gasteiger partial charge in [0.2, 0.25) is 0 Å². The molecule has 0 fully saturated rings. The highest BCUT2D eigenvalue weighted by Crippen LogP contribution is 2.19. The van der Waals surface area contributed by atoms with Crippen LogP contribution in [0.5, 0.6) is 11.5 Å². The molecule has 2 aromatic rings. The Morgan fingerprint density at radius 2 is 1.83 bits per heavy atom. The van der Waals surface area contributed by atoms with Crippen molar-refractivity contribution in [2.24, 2.45) is 0 Å². The van der Waals surface area contributed by atoms with Gasteiger partial charge in [-0.15, -0.1) is 0 Å². The first kappa shape index (κ1) is 16.9. The number of nitrogens with one attached hydrogen (secondary N) is 1. The van der Waals surface area contributed by atoms with Crippen LogP contribution in [-0.2, 0) is 11.2 Å². The third kappa shape index (κ3) is 5.66. The summed E-state index contributed by atoms with van der Waals surface area (Å²) in [7, 11) is 0. The maximum absolute atomic E-state index is 12.0. The van der Waals surface area contributed by atoms with Gasteiger partial charge in [0.05, 0.1) is 6.10 Å². The molecule has 0 aliphatic heterocycles. The van der Waals surface area contributed by atoms with Gasteiger partial charge in [0.1, 0.15) is 11.5 Å². The van der Waals surface area contributed by atoms with Crippen molar-refractivity contribution in [2.75, 3.05) is 11.9 Å². The van der Waals surface area contributed by atoms with Gasteiger partial charge < -0.3 is 14.8 Å². The molecule has 0 aliphatic rings. The highest BCUT2D eigenvalue weighted by Gasteiger charge is 2.06. The van der Waals surface area contributed by atoms with Crippen molar-refractivity contribution in [1.29, 1.82) is 0 Å². The predicted octanol–water partition coefficient (Wildman–Crippen LogP) is 4.05. The SMILES string of the molecule is CCc1cccc(OCC(=O)Nc2cccc(OC(C)C)c2)c1. The Morgan fingerprint density at radius 3 is 2.57 bits per heavy atom. The average molecular weight is 313 g/mol. The Labute approximate surface area is 137 Å². The number of carbonyl (C=O) groups excluding carboxylic acids is 1. The molecule has 1 amide bonds. The van der Waals surface area contributed by atoms with Crippen LogP contribution in [0.25, 0.3) is 0 Å². The molecular weight excluding hydrogens is 290 g/mol. The number of hydrogen-bond acceptors (Lipinski definition) is 3. The van der Waals surface area contributed by atoms with Crippen LogP contribution in [0.4, 0.5) is 5.69 Å². The van der Waals surface area contributed by atoms with Gasteiger partial charge in [-0.05, 0) is 50.1 Å². The summed E-state index contributed by atoms with van der Waals surface area (Å²) in [6.45, 7) is 5.98. The van der Waals surface area contributed by atoms with Crippen molar-refractivity contribution in [2.45, 2.75) is 33.3 Å². The van der Waals surface area contributed by atoms with E-state index < -0.39 is 0 Å². The standard InChI is InChI=1S/C19H23NO3/c1-4-15-7-5-9-17(11-15)22-13-19(21)20-16-8-6-10-18(12-16)23-14(2)3/h5-12,14H,4,13H2,1-3H3,(H,20,21). The summed E-state index contributed by atoms with van der Waals surface area (Å²) in [4.78, 5) is 12.0. The van der Waals surface area contributed by atoms with Crippen molar-refractivity contribution in [3.05, 3.63) is 54.1 Å². The fraction of sp³-hybridized carbons (Fsp3) is 0.316.